The third-order valence-corrected chi connectivity index (χ3v) is 7.48. The van der Waals surface area contributed by atoms with Crippen LogP contribution in [-0.2, 0) is 0 Å². The maximum Gasteiger partial charge on any atom is 0.214 e. The molecular weight excluding hydrogens is 432 g/mol. The maximum atomic E-state index is 13.2. The summed E-state index contributed by atoms with van der Waals surface area (Å²) in [6, 6.07) is 12.4. The molecule has 0 radical (unpaired) electrons. The van der Waals surface area contributed by atoms with Gasteiger partial charge in [-0.25, -0.2) is 4.58 Å². The molecule has 2 aromatic carbocycles. The molecule has 4 nitrogen and oxygen atoms in total. The highest BCUT2D eigenvalue weighted by molar-refractivity contribution is 6.20. The zero-order valence-electron chi connectivity index (χ0n) is 21.0. The lowest BCUT2D eigenvalue weighted by molar-refractivity contribution is -0.527. The normalized spacial score (nSPS) is 20.8. The molecule has 1 fully saturated rings. The molecule has 0 spiro atoms. The van der Waals surface area contributed by atoms with Crippen molar-refractivity contribution < 1.29 is 19.4 Å². The quantitative estimate of drug-likeness (QED) is 0.583. The Morgan fingerprint density at radius 3 is 2.14 bits per heavy atom. The number of nitrogens with zero attached hydrogens (tertiary/aromatic N) is 2. The summed E-state index contributed by atoms with van der Waals surface area (Å²) in [4.78, 5) is 0. The highest BCUT2D eigenvalue weighted by Crippen LogP contribution is 2.38. The highest BCUT2D eigenvalue weighted by Gasteiger charge is 2.32. The molecule has 5 rings (SSSR count). The third kappa shape index (κ3) is 4.15. The van der Waals surface area contributed by atoms with Gasteiger partial charge in [0.25, 0.3) is 0 Å². The lowest BCUT2D eigenvalue weighted by atomic mass is 9.75. The average molecular weight is 467 g/mol. The van der Waals surface area contributed by atoms with Crippen LogP contribution in [0.3, 0.4) is 0 Å². The second kappa shape index (κ2) is 9.88. The van der Waals surface area contributed by atoms with E-state index in [9.17, 15) is 10.2 Å². The van der Waals surface area contributed by atoms with Gasteiger partial charge in [-0.2, -0.15) is 4.58 Å². The zero-order valence-corrected chi connectivity index (χ0v) is 21.0. The predicted octanol–water partition coefficient (Wildman–Crippen LogP) is 3.79. The average Bonchev–Trinajstić information content (AvgIpc) is 3.16. The van der Waals surface area contributed by atoms with E-state index in [1.54, 1.807) is 0 Å². The van der Waals surface area contributed by atoms with E-state index < -0.39 is 12.2 Å². The Bertz CT molecular complexity index is 1310. The van der Waals surface area contributed by atoms with Gasteiger partial charge in [0.1, 0.15) is 20.1 Å². The van der Waals surface area contributed by atoms with Crippen molar-refractivity contribution in [3.63, 3.8) is 0 Å². The number of rotatable bonds is 7. The summed E-state index contributed by atoms with van der Waals surface area (Å²) in [5, 5.41) is 28.8. The lowest BCUT2D eigenvalue weighted by Crippen LogP contribution is -2.56. The first-order valence-electron chi connectivity index (χ1n) is 12.9. The van der Waals surface area contributed by atoms with Crippen LogP contribution < -0.4 is 10.2 Å². The van der Waals surface area contributed by atoms with Crippen molar-refractivity contribution in [1.82, 2.24) is 0 Å². The van der Waals surface area contributed by atoms with Crippen LogP contribution in [0.2, 0.25) is 0 Å². The van der Waals surface area contributed by atoms with Crippen LogP contribution in [0.5, 0.6) is 0 Å². The molecule has 1 heterocycles. The Labute approximate surface area is 208 Å². The summed E-state index contributed by atoms with van der Waals surface area (Å²) in [6.07, 6.45) is 12.4. The molecule has 35 heavy (non-hydrogen) atoms. The first-order chi connectivity index (χ1) is 17.0. The van der Waals surface area contributed by atoms with E-state index in [2.05, 4.69) is 59.4 Å². The summed E-state index contributed by atoms with van der Waals surface area (Å²) in [5.74, 6) is 0. The van der Waals surface area contributed by atoms with Gasteiger partial charge in [0.2, 0.25) is 11.4 Å². The molecule has 2 atom stereocenters. The Morgan fingerprint density at radius 1 is 0.886 bits per heavy atom. The van der Waals surface area contributed by atoms with Gasteiger partial charge in [-0.1, -0.05) is 74.3 Å². The minimum Gasteiger partial charge on any atom is -0.846 e. The number of benzene rings is 2. The van der Waals surface area contributed by atoms with Crippen molar-refractivity contribution in [2.75, 3.05) is 20.1 Å². The van der Waals surface area contributed by atoms with Gasteiger partial charge >= 0.3 is 0 Å². The molecule has 1 saturated carbocycles. The molecular formula is C31H34N2O2. The molecule has 2 unspecified atom stereocenters. The first-order valence-corrected chi connectivity index (χ1v) is 12.9. The van der Waals surface area contributed by atoms with Crippen LogP contribution in [0.15, 0.2) is 83.5 Å². The fourth-order valence-electron chi connectivity index (χ4n) is 5.38. The first kappa shape index (κ1) is 23.7. The molecule has 0 saturated heterocycles. The maximum absolute atomic E-state index is 13.2. The Balaban J connectivity index is 1.42. The van der Waals surface area contributed by atoms with Crippen molar-refractivity contribution in [3.8, 4) is 0 Å². The van der Waals surface area contributed by atoms with Crippen molar-refractivity contribution in [2.45, 2.75) is 51.7 Å². The van der Waals surface area contributed by atoms with Gasteiger partial charge in [0, 0.05) is 37.1 Å². The molecule has 3 aliphatic rings. The van der Waals surface area contributed by atoms with Gasteiger partial charge in [-0.15, -0.1) is 0 Å². The van der Waals surface area contributed by atoms with Crippen LogP contribution in [0, 0.1) is 0 Å². The van der Waals surface area contributed by atoms with E-state index >= 15 is 0 Å². The van der Waals surface area contributed by atoms with Crippen LogP contribution in [0.25, 0.3) is 10.8 Å². The van der Waals surface area contributed by atoms with Crippen LogP contribution in [0.4, 0.5) is 5.69 Å². The van der Waals surface area contributed by atoms with E-state index in [1.807, 2.05) is 37.4 Å². The molecule has 4 heteroatoms. The van der Waals surface area contributed by atoms with E-state index in [0.717, 1.165) is 61.3 Å². The molecule has 0 bridgehead atoms. The minimum absolute atomic E-state index is 0.434. The Kier molecular flexibility index (Phi) is 6.68. The minimum atomic E-state index is -1.08. The number of unbranched alkanes of at least 4 members (excludes halogenated alkanes) is 2. The molecule has 180 valence electrons. The van der Waals surface area contributed by atoms with Crippen LogP contribution in [0.1, 0.15) is 45.1 Å². The molecule has 0 N–H and O–H groups in total. The second-order valence-corrected chi connectivity index (χ2v) is 9.73. The molecule has 0 amide bonds. The van der Waals surface area contributed by atoms with Crippen molar-refractivity contribution in [3.05, 3.63) is 89.1 Å². The molecule has 0 aromatic heterocycles. The van der Waals surface area contributed by atoms with E-state index in [0.29, 0.717) is 11.1 Å². The summed E-state index contributed by atoms with van der Waals surface area (Å²) < 4.78 is 4.51. The van der Waals surface area contributed by atoms with Crippen LogP contribution >= 0.6 is 0 Å². The van der Waals surface area contributed by atoms with Gasteiger partial charge in [-0.3, -0.25) is 0 Å². The van der Waals surface area contributed by atoms with Crippen LogP contribution in [-0.4, -0.2) is 52.9 Å². The van der Waals surface area contributed by atoms with Gasteiger partial charge in [0.05, 0.1) is 10.9 Å². The second-order valence-electron chi connectivity index (χ2n) is 9.73. The largest absolute Gasteiger partial charge is 0.846 e. The van der Waals surface area contributed by atoms with Crippen molar-refractivity contribution in [2.24, 2.45) is 0 Å². The number of hydrogen-bond acceptors (Lipinski definition) is 2. The highest BCUT2D eigenvalue weighted by atomic mass is 16.3. The Morgan fingerprint density at radius 2 is 1.51 bits per heavy atom. The monoisotopic (exact) mass is 466 g/mol. The van der Waals surface area contributed by atoms with Gasteiger partial charge < -0.3 is 10.2 Å². The van der Waals surface area contributed by atoms with E-state index in [-0.39, 0.29) is 0 Å². The zero-order chi connectivity index (χ0) is 24.5. The standard InChI is InChI=1S/C31H34N2O2/c1-4-6-18-33(19-7-5-2)23-16-14-22(15-17-23)29-30(34)25(31(29)35)20-27-24-12-8-10-21-11-9-13-26(28(21)24)32(27)3/h8-17,20,30-31H,4-7,18-19H2,1-3H3. The van der Waals surface area contributed by atoms with Gasteiger partial charge in [0.15, 0.2) is 5.71 Å². The fraction of sp³-hybridized carbons (Fsp3) is 0.355. The van der Waals surface area contributed by atoms with Crippen molar-refractivity contribution in [1.29, 1.82) is 0 Å². The molecule has 2 aliphatic carbocycles. The topological polar surface area (TPSA) is 52.1 Å². The van der Waals surface area contributed by atoms with Crippen molar-refractivity contribution >= 4 is 27.9 Å². The molecule has 2 aromatic rings. The summed E-state index contributed by atoms with van der Waals surface area (Å²) >= 11 is 0. The smallest absolute Gasteiger partial charge is 0.214 e. The Hall–Kier alpha value is -3.08. The van der Waals surface area contributed by atoms with E-state index in [1.165, 1.54) is 16.5 Å². The summed E-state index contributed by atoms with van der Waals surface area (Å²) in [7, 11) is 2.01. The number of allylic oxidation sites excluding steroid dienone is 6. The van der Waals surface area contributed by atoms with Gasteiger partial charge in [-0.05, 0) is 29.2 Å². The van der Waals surface area contributed by atoms with E-state index in [4.69, 9.17) is 0 Å². The predicted molar refractivity (Wildman–Crippen MR) is 140 cm³/mol. The SMILES string of the molecule is CCCC[N+](CCCC)=C1C=CC(=C2C([O-])C(=CC3=[N+](C)c4cccc5cccc3c45)C2[O-])C=C1. The fourth-order valence-corrected chi connectivity index (χ4v) is 5.38. The third-order valence-electron chi connectivity index (χ3n) is 7.48. The summed E-state index contributed by atoms with van der Waals surface area (Å²) in [6.45, 7) is 6.50. The summed E-state index contributed by atoms with van der Waals surface area (Å²) in [5.41, 5.74) is 5.99. The number of hydrogen-bond donors (Lipinski definition) is 0. The molecule has 1 aliphatic heterocycles. The lowest BCUT2D eigenvalue weighted by Gasteiger charge is -2.53.